The first-order valence-corrected chi connectivity index (χ1v) is 12.0. The molecule has 0 bridgehead atoms. The van der Waals surface area contributed by atoms with Crippen LogP contribution in [0.3, 0.4) is 0 Å². The third kappa shape index (κ3) is 6.27. The van der Waals surface area contributed by atoms with Crippen molar-refractivity contribution >= 4 is 45.1 Å². The summed E-state index contributed by atoms with van der Waals surface area (Å²) in [5.74, 6) is -0.423. The zero-order valence-corrected chi connectivity index (χ0v) is 21.0. The van der Waals surface area contributed by atoms with E-state index in [4.69, 9.17) is 9.47 Å². The molecule has 3 aromatic rings. The van der Waals surface area contributed by atoms with Crippen molar-refractivity contribution in [1.82, 2.24) is 0 Å². The number of aryl methyl sites for hydroxylation is 2. The molecule has 1 heterocycles. The van der Waals surface area contributed by atoms with Crippen LogP contribution in [0, 0.1) is 19.8 Å². The highest BCUT2D eigenvalue weighted by atomic mass is 79.9. The zero-order chi connectivity index (χ0) is 24.9. The summed E-state index contributed by atoms with van der Waals surface area (Å²) in [4.78, 5) is 38.6. The summed E-state index contributed by atoms with van der Waals surface area (Å²) in [5, 5.41) is 2.66. The Balaban J connectivity index is 1.29. The Labute approximate surface area is 212 Å². The molecule has 180 valence electrons. The fraction of sp³-hybridized carbons (Fsp3) is 0.222. The number of halogens is 1. The van der Waals surface area contributed by atoms with Gasteiger partial charge in [0.1, 0.15) is 11.5 Å². The number of hydrogen-bond acceptors (Lipinski definition) is 5. The monoisotopic (exact) mass is 536 g/mol. The molecule has 0 unspecified atom stereocenters. The molecular weight excluding hydrogens is 512 g/mol. The van der Waals surface area contributed by atoms with Gasteiger partial charge in [0.05, 0.1) is 5.92 Å². The van der Waals surface area contributed by atoms with E-state index < -0.39 is 24.4 Å². The molecule has 1 atom stereocenters. The molecule has 0 spiro atoms. The van der Waals surface area contributed by atoms with E-state index in [9.17, 15) is 14.4 Å². The van der Waals surface area contributed by atoms with Gasteiger partial charge in [-0.3, -0.25) is 14.4 Å². The van der Waals surface area contributed by atoms with Crippen molar-refractivity contribution in [3.63, 3.8) is 0 Å². The van der Waals surface area contributed by atoms with Crippen LogP contribution >= 0.6 is 15.9 Å². The van der Waals surface area contributed by atoms with Crippen molar-refractivity contribution in [2.24, 2.45) is 5.92 Å². The number of hydrogen-bond donors (Lipinski definition) is 1. The largest absolute Gasteiger partial charge is 0.457 e. The number of carbonyl (C=O) groups excluding carboxylic acids is 3. The summed E-state index contributed by atoms with van der Waals surface area (Å²) in [6.07, 6.45) is 0.0358. The quantitative estimate of drug-likeness (QED) is 0.409. The lowest BCUT2D eigenvalue weighted by atomic mass is 10.1. The van der Waals surface area contributed by atoms with Crippen molar-refractivity contribution in [2.75, 3.05) is 23.4 Å². The molecule has 0 saturated carbocycles. The number of ether oxygens (including phenoxy) is 2. The predicted molar refractivity (Wildman–Crippen MR) is 137 cm³/mol. The average molecular weight is 537 g/mol. The van der Waals surface area contributed by atoms with E-state index in [0.29, 0.717) is 17.1 Å². The van der Waals surface area contributed by atoms with E-state index in [1.165, 1.54) is 5.56 Å². The van der Waals surface area contributed by atoms with Gasteiger partial charge in [0.25, 0.3) is 5.91 Å². The molecule has 4 rings (SSSR count). The summed E-state index contributed by atoms with van der Waals surface area (Å²) in [6.45, 7) is 3.86. The number of esters is 1. The highest BCUT2D eigenvalue weighted by Crippen LogP contribution is 2.29. The second-order valence-electron chi connectivity index (χ2n) is 8.41. The van der Waals surface area contributed by atoms with Crippen molar-refractivity contribution < 1.29 is 23.9 Å². The summed E-state index contributed by atoms with van der Waals surface area (Å²) >= 11 is 3.33. The van der Waals surface area contributed by atoms with E-state index in [-0.39, 0.29) is 18.9 Å². The maximum absolute atomic E-state index is 12.5. The van der Waals surface area contributed by atoms with Crippen LogP contribution < -0.4 is 15.0 Å². The Kier molecular flexibility index (Phi) is 7.51. The first-order valence-electron chi connectivity index (χ1n) is 11.2. The van der Waals surface area contributed by atoms with Crippen LogP contribution in [-0.2, 0) is 19.1 Å². The van der Waals surface area contributed by atoms with E-state index in [1.54, 1.807) is 53.4 Å². The van der Waals surface area contributed by atoms with Crippen molar-refractivity contribution in [2.45, 2.75) is 20.3 Å². The lowest BCUT2D eigenvalue weighted by Crippen LogP contribution is -2.28. The van der Waals surface area contributed by atoms with Gasteiger partial charge in [-0.2, -0.15) is 0 Å². The van der Waals surface area contributed by atoms with Crippen LogP contribution in [0.25, 0.3) is 0 Å². The molecule has 0 aliphatic carbocycles. The molecule has 1 fully saturated rings. The van der Waals surface area contributed by atoms with Crippen molar-refractivity contribution in [3.8, 4) is 11.5 Å². The molecule has 1 aliphatic heterocycles. The van der Waals surface area contributed by atoms with Crippen LogP contribution in [-0.4, -0.2) is 30.9 Å². The molecular formula is C27H25BrN2O5. The van der Waals surface area contributed by atoms with Crippen LogP contribution in [0.1, 0.15) is 17.5 Å². The van der Waals surface area contributed by atoms with Crippen molar-refractivity contribution in [3.05, 3.63) is 82.3 Å². The molecule has 8 heteroatoms. The van der Waals surface area contributed by atoms with Gasteiger partial charge in [0, 0.05) is 28.8 Å². The molecule has 1 N–H and O–H groups in total. The topological polar surface area (TPSA) is 84.9 Å². The third-order valence-corrected chi connectivity index (χ3v) is 6.32. The zero-order valence-electron chi connectivity index (χ0n) is 19.4. The fourth-order valence-corrected chi connectivity index (χ4v) is 3.97. The fourth-order valence-electron chi connectivity index (χ4n) is 3.71. The van der Waals surface area contributed by atoms with Gasteiger partial charge in [0.2, 0.25) is 5.91 Å². The number of carbonyl (C=O) groups is 3. The Morgan fingerprint density at radius 3 is 2.34 bits per heavy atom. The smallest absolute Gasteiger partial charge is 0.311 e. The van der Waals surface area contributed by atoms with E-state index in [0.717, 1.165) is 15.8 Å². The third-order valence-electron chi connectivity index (χ3n) is 5.79. The summed E-state index contributed by atoms with van der Waals surface area (Å²) < 4.78 is 12.0. The van der Waals surface area contributed by atoms with Crippen LogP contribution in [0.5, 0.6) is 11.5 Å². The second-order valence-corrected chi connectivity index (χ2v) is 9.33. The highest BCUT2D eigenvalue weighted by Gasteiger charge is 2.36. The highest BCUT2D eigenvalue weighted by molar-refractivity contribution is 9.10. The van der Waals surface area contributed by atoms with E-state index in [2.05, 4.69) is 21.2 Å². The van der Waals surface area contributed by atoms with Gasteiger partial charge in [-0.05, 0) is 85.6 Å². The molecule has 0 aromatic heterocycles. The van der Waals surface area contributed by atoms with E-state index in [1.807, 2.05) is 32.0 Å². The molecule has 0 radical (unpaired) electrons. The SMILES string of the molecule is Cc1ccc(Oc2ccc(N3C[C@@H](C(=O)OCC(=O)Nc4ccc(Br)cc4)CC3=O)cc2)cc1C. The molecule has 1 aliphatic rings. The number of anilines is 2. The second kappa shape index (κ2) is 10.7. The van der Waals surface area contributed by atoms with Gasteiger partial charge in [-0.25, -0.2) is 0 Å². The van der Waals surface area contributed by atoms with Gasteiger partial charge in [-0.15, -0.1) is 0 Å². The van der Waals surface area contributed by atoms with E-state index >= 15 is 0 Å². The Hall–Kier alpha value is -3.65. The minimum atomic E-state index is -0.630. The van der Waals surface area contributed by atoms with Crippen molar-refractivity contribution in [1.29, 1.82) is 0 Å². The molecule has 35 heavy (non-hydrogen) atoms. The first kappa shape index (κ1) is 24.5. The number of amides is 2. The first-order chi connectivity index (χ1) is 16.8. The number of nitrogens with one attached hydrogen (secondary N) is 1. The summed E-state index contributed by atoms with van der Waals surface area (Å²) in [6, 6.07) is 20.1. The predicted octanol–water partition coefficient (Wildman–Crippen LogP) is 5.39. The van der Waals surface area contributed by atoms with Crippen LogP contribution in [0.4, 0.5) is 11.4 Å². The molecule has 1 saturated heterocycles. The number of rotatable bonds is 7. The molecule has 2 amide bonds. The normalized spacial score (nSPS) is 15.1. The van der Waals surface area contributed by atoms with Gasteiger partial charge >= 0.3 is 5.97 Å². The lowest BCUT2D eigenvalue weighted by molar-refractivity contribution is -0.151. The maximum Gasteiger partial charge on any atom is 0.311 e. The number of benzene rings is 3. The minimum absolute atomic E-state index is 0.0358. The van der Waals surface area contributed by atoms with Crippen LogP contribution in [0.15, 0.2) is 71.2 Å². The number of nitrogens with zero attached hydrogens (tertiary/aromatic N) is 1. The Bertz CT molecular complexity index is 1240. The molecule has 7 nitrogen and oxygen atoms in total. The summed E-state index contributed by atoms with van der Waals surface area (Å²) in [5.41, 5.74) is 3.61. The Morgan fingerprint density at radius 1 is 0.971 bits per heavy atom. The standard InChI is InChI=1S/C27H25BrN2O5/c1-17-3-10-24(13-18(17)2)35-23-11-8-22(9-12-23)30-15-19(14-26(30)32)27(33)34-16-25(31)29-21-6-4-20(28)5-7-21/h3-13,19H,14-16H2,1-2H3,(H,29,31)/t19-/m0/s1. The Morgan fingerprint density at radius 2 is 1.66 bits per heavy atom. The summed E-state index contributed by atoms with van der Waals surface area (Å²) in [7, 11) is 0. The maximum atomic E-state index is 12.5. The average Bonchev–Trinajstić information content (AvgIpc) is 3.23. The van der Waals surface area contributed by atoms with Crippen LogP contribution in [0.2, 0.25) is 0 Å². The lowest BCUT2D eigenvalue weighted by Gasteiger charge is -2.17. The minimum Gasteiger partial charge on any atom is -0.457 e. The molecule has 3 aromatic carbocycles. The van der Waals surface area contributed by atoms with Gasteiger partial charge in [0.15, 0.2) is 6.61 Å². The van der Waals surface area contributed by atoms with Gasteiger partial charge < -0.3 is 19.7 Å². The van der Waals surface area contributed by atoms with Gasteiger partial charge in [-0.1, -0.05) is 22.0 Å².